The number of hydrogen-bond acceptors (Lipinski definition) is 4. The summed E-state index contributed by atoms with van der Waals surface area (Å²) in [6.45, 7) is 2.03. The summed E-state index contributed by atoms with van der Waals surface area (Å²) >= 11 is 6.14. The van der Waals surface area contributed by atoms with Crippen LogP contribution in [0.1, 0.15) is 35.0 Å². The molecular weight excluding hydrogens is 312 g/mol. The van der Waals surface area contributed by atoms with Crippen molar-refractivity contribution in [3.8, 4) is 0 Å². The maximum Gasteiger partial charge on any atom is 0.0909 e. The van der Waals surface area contributed by atoms with E-state index in [2.05, 4.69) is 30.8 Å². The summed E-state index contributed by atoms with van der Waals surface area (Å²) in [6, 6.07) is 16.0. The summed E-state index contributed by atoms with van der Waals surface area (Å²) in [5.74, 6) is 0. The summed E-state index contributed by atoms with van der Waals surface area (Å²) in [5.41, 5.74) is 3.22. The number of fused-ring (bicyclic) bond motifs is 1. The van der Waals surface area contributed by atoms with Crippen LogP contribution in [0.5, 0.6) is 0 Å². The van der Waals surface area contributed by atoms with Crippen molar-refractivity contribution in [1.29, 1.82) is 0 Å². The summed E-state index contributed by atoms with van der Waals surface area (Å²) < 4.78 is 0. The van der Waals surface area contributed by atoms with Gasteiger partial charge in [0, 0.05) is 16.6 Å². The Morgan fingerprint density at radius 3 is 2.64 bits per heavy atom. The number of rotatable bonds is 4. The van der Waals surface area contributed by atoms with Crippen LogP contribution in [-0.4, -0.2) is 21.6 Å². The highest BCUT2D eigenvalue weighted by molar-refractivity contribution is 8.00. The van der Waals surface area contributed by atoms with Crippen LogP contribution < -0.4 is 0 Å². The van der Waals surface area contributed by atoms with Gasteiger partial charge in [-0.1, -0.05) is 43.3 Å². The van der Waals surface area contributed by atoms with Crippen molar-refractivity contribution in [2.75, 3.05) is 0 Å². The van der Waals surface area contributed by atoms with E-state index in [0.717, 1.165) is 16.0 Å². The number of thiol groups is 1. The Bertz CT molecular complexity index is 645. The van der Waals surface area contributed by atoms with Crippen molar-refractivity contribution < 1.29 is 10.2 Å². The van der Waals surface area contributed by atoms with Crippen LogP contribution in [0, 0.1) is 0 Å². The van der Waals surface area contributed by atoms with Crippen LogP contribution in [0.3, 0.4) is 0 Å². The monoisotopic (exact) mass is 332 g/mol. The Balaban J connectivity index is 1.74. The molecule has 0 spiro atoms. The van der Waals surface area contributed by atoms with Crippen LogP contribution in [0.2, 0.25) is 0 Å². The topological polar surface area (TPSA) is 40.5 Å². The quantitative estimate of drug-likeness (QED) is 0.589. The van der Waals surface area contributed by atoms with Gasteiger partial charge in [-0.05, 0) is 28.8 Å². The highest BCUT2D eigenvalue weighted by atomic mass is 32.2. The Morgan fingerprint density at radius 1 is 1.18 bits per heavy atom. The third-order valence-corrected chi connectivity index (χ3v) is 5.92. The van der Waals surface area contributed by atoms with Gasteiger partial charge < -0.3 is 10.2 Å². The SMILES string of the molecule is C[C@H](Sc1ccc2c(c1)[C@@H](S)[C@@H](O)C2)[C@H](O)c1ccccc1. The number of hydrogen-bond donors (Lipinski definition) is 3. The molecule has 4 atom stereocenters. The van der Waals surface area contributed by atoms with E-state index in [1.807, 2.05) is 37.3 Å². The highest BCUT2D eigenvalue weighted by Crippen LogP contribution is 2.40. The van der Waals surface area contributed by atoms with Crippen molar-refractivity contribution in [3.05, 3.63) is 65.2 Å². The minimum atomic E-state index is -0.503. The summed E-state index contributed by atoms with van der Waals surface area (Å²) in [4.78, 5) is 1.11. The highest BCUT2D eigenvalue weighted by Gasteiger charge is 2.28. The maximum absolute atomic E-state index is 10.5. The second-order valence-electron chi connectivity index (χ2n) is 5.76. The van der Waals surface area contributed by atoms with E-state index in [9.17, 15) is 10.2 Å². The van der Waals surface area contributed by atoms with Gasteiger partial charge in [0.1, 0.15) is 0 Å². The van der Waals surface area contributed by atoms with Gasteiger partial charge in [-0.25, -0.2) is 0 Å². The third kappa shape index (κ3) is 3.20. The molecule has 0 saturated carbocycles. The lowest BCUT2D eigenvalue weighted by molar-refractivity contribution is 0.179. The molecule has 1 aliphatic rings. The fourth-order valence-corrected chi connectivity index (χ4v) is 4.25. The molecule has 0 aliphatic heterocycles. The van der Waals surface area contributed by atoms with Crippen LogP contribution >= 0.6 is 24.4 Å². The van der Waals surface area contributed by atoms with Crippen molar-refractivity contribution in [3.63, 3.8) is 0 Å². The standard InChI is InChI=1S/C18H20O2S2/c1-11(17(20)12-5-3-2-4-6-12)22-14-8-7-13-9-16(19)18(21)15(13)10-14/h2-8,10-11,16-21H,9H2,1H3/t11-,16-,17-,18+/m0/s1. The Morgan fingerprint density at radius 2 is 1.91 bits per heavy atom. The van der Waals surface area contributed by atoms with Crippen LogP contribution in [0.4, 0.5) is 0 Å². The number of thioether (sulfide) groups is 1. The van der Waals surface area contributed by atoms with Crippen molar-refractivity contribution >= 4 is 24.4 Å². The predicted octanol–water partition coefficient (Wildman–Crippen LogP) is 3.79. The lowest BCUT2D eigenvalue weighted by atomic mass is 10.1. The van der Waals surface area contributed by atoms with E-state index in [1.54, 1.807) is 11.8 Å². The normalized spacial score (nSPS) is 23.1. The third-order valence-electron chi connectivity index (χ3n) is 4.14. The molecule has 2 nitrogen and oxygen atoms in total. The predicted molar refractivity (Wildman–Crippen MR) is 94.6 cm³/mol. The van der Waals surface area contributed by atoms with Crippen LogP contribution in [-0.2, 0) is 6.42 Å². The Kier molecular flexibility index (Phi) is 4.83. The van der Waals surface area contributed by atoms with Crippen LogP contribution in [0.25, 0.3) is 0 Å². The summed E-state index contributed by atoms with van der Waals surface area (Å²) in [7, 11) is 0. The molecule has 3 rings (SSSR count). The maximum atomic E-state index is 10.5. The molecule has 4 heteroatoms. The molecule has 2 aromatic rings. The largest absolute Gasteiger partial charge is 0.391 e. The fourth-order valence-electron chi connectivity index (χ4n) is 2.85. The van der Waals surface area contributed by atoms with Gasteiger partial charge in [0.2, 0.25) is 0 Å². The number of aliphatic hydroxyl groups excluding tert-OH is 2. The lowest BCUT2D eigenvalue weighted by Gasteiger charge is -2.19. The van der Waals surface area contributed by atoms with E-state index in [4.69, 9.17) is 0 Å². The Labute approximate surface area is 141 Å². The smallest absolute Gasteiger partial charge is 0.0909 e. The summed E-state index contributed by atoms with van der Waals surface area (Å²) in [6.07, 6.45) is -0.223. The first-order valence-corrected chi connectivity index (χ1v) is 8.84. The molecule has 116 valence electrons. The second-order valence-corrected chi connectivity index (χ2v) is 7.76. The minimum Gasteiger partial charge on any atom is -0.391 e. The molecular formula is C18H20O2S2. The van der Waals surface area contributed by atoms with E-state index < -0.39 is 12.2 Å². The molecule has 0 unspecified atom stereocenters. The summed E-state index contributed by atoms with van der Waals surface area (Å²) in [5, 5.41) is 20.3. The van der Waals surface area contributed by atoms with Crippen LogP contribution in [0.15, 0.2) is 53.4 Å². The molecule has 0 amide bonds. The van der Waals surface area contributed by atoms with E-state index in [-0.39, 0.29) is 10.5 Å². The average Bonchev–Trinajstić information content (AvgIpc) is 2.82. The van der Waals surface area contributed by atoms with E-state index in [1.165, 1.54) is 5.56 Å². The van der Waals surface area contributed by atoms with Gasteiger partial charge >= 0.3 is 0 Å². The molecule has 0 radical (unpaired) electrons. The molecule has 0 saturated heterocycles. The van der Waals surface area contributed by atoms with Gasteiger partial charge in [0.15, 0.2) is 0 Å². The first kappa shape index (κ1) is 15.9. The van der Waals surface area contributed by atoms with Crippen molar-refractivity contribution in [1.82, 2.24) is 0 Å². The molecule has 1 aliphatic carbocycles. The molecule has 0 aromatic heterocycles. The van der Waals surface area contributed by atoms with Gasteiger partial charge in [-0.2, -0.15) is 12.6 Å². The molecule has 2 aromatic carbocycles. The van der Waals surface area contributed by atoms with E-state index in [0.29, 0.717) is 6.42 Å². The number of benzene rings is 2. The molecule has 0 bridgehead atoms. The zero-order valence-electron chi connectivity index (χ0n) is 12.4. The lowest BCUT2D eigenvalue weighted by Crippen LogP contribution is -2.11. The average molecular weight is 332 g/mol. The molecule has 0 heterocycles. The molecule has 0 fully saturated rings. The molecule has 22 heavy (non-hydrogen) atoms. The zero-order valence-corrected chi connectivity index (χ0v) is 14.1. The fraction of sp³-hybridized carbons (Fsp3) is 0.333. The van der Waals surface area contributed by atoms with Crippen molar-refractivity contribution in [2.24, 2.45) is 0 Å². The van der Waals surface area contributed by atoms with Gasteiger partial charge in [0.05, 0.1) is 17.5 Å². The number of aliphatic hydroxyl groups is 2. The molecule has 2 N–H and O–H groups in total. The Hall–Kier alpha value is -0.940. The van der Waals surface area contributed by atoms with E-state index >= 15 is 0 Å². The van der Waals surface area contributed by atoms with Gasteiger partial charge in [0.25, 0.3) is 0 Å². The minimum absolute atomic E-state index is 0.0464. The first-order chi connectivity index (χ1) is 10.6. The van der Waals surface area contributed by atoms with Gasteiger partial charge in [-0.3, -0.25) is 0 Å². The zero-order chi connectivity index (χ0) is 15.7. The second kappa shape index (κ2) is 6.67. The van der Waals surface area contributed by atoms with Crippen molar-refractivity contribution in [2.45, 2.75) is 40.9 Å². The first-order valence-electron chi connectivity index (χ1n) is 7.45. The van der Waals surface area contributed by atoms with Gasteiger partial charge in [-0.15, -0.1) is 11.8 Å².